The van der Waals surface area contributed by atoms with Gasteiger partial charge in [0.05, 0.1) is 22.4 Å². The van der Waals surface area contributed by atoms with Crippen molar-refractivity contribution in [2.75, 3.05) is 4.90 Å². The van der Waals surface area contributed by atoms with Crippen molar-refractivity contribution in [1.29, 1.82) is 0 Å². The molecule has 0 spiro atoms. The fourth-order valence-electron chi connectivity index (χ4n) is 4.08. The van der Waals surface area contributed by atoms with Crippen LogP contribution in [0.25, 0.3) is 5.69 Å². The molecule has 0 radical (unpaired) electrons. The normalized spacial score (nSPS) is 18.1. The lowest BCUT2D eigenvalue weighted by Crippen LogP contribution is -2.30. The van der Waals surface area contributed by atoms with Gasteiger partial charge in [0.2, 0.25) is 0 Å². The second-order valence-electron chi connectivity index (χ2n) is 7.41. The molecule has 160 valence electrons. The number of phenolic OH excluding ortho intramolecular Hbond substituents is 1. The Morgan fingerprint density at radius 2 is 1.78 bits per heavy atom. The molecular formula is C24H18Cl2N4OS. The lowest BCUT2D eigenvalue weighted by Gasteiger charge is -2.29. The molecule has 3 heterocycles. The maximum absolute atomic E-state index is 9.78. The minimum atomic E-state index is -0.219. The number of thiocarbonyl (C=S) groups is 1. The molecule has 1 fully saturated rings. The number of anilines is 1. The van der Waals surface area contributed by atoms with Gasteiger partial charge in [-0.3, -0.25) is 4.98 Å². The van der Waals surface area contributed by atoms with Crippen LogP contribution in [0.4, 0.5) is 5.69 Å². The van der Waals surface area contributed by atoms with E-state index in [9.17, 15) is 5.11 Å². The van der Waals surface area contributed by atoms with E-state index in [1.54, 1.807) is 24.4 Å². The van der Waals surface area contributed by atoms with Gasteiger partial charge in [0.1, 0.15) is 11.8 Å². The summed E-state index contributed by atoms with van der Waals surface area (Å²) in [6, 6.07) is 21.9. The highest BCUT2D eigenvalue weighted by atomic mass is 35.5. The largest absolute Gasteiger partial charge is 0.508 e. The molecule has 32 heavy (non-hydrogen) atoms. The molecule has 0 aliphatic carbocycles. The van der Waals surface area contributed by atoms with Crippen molar-refractivity contribution >= 4 is 46.2 Å². The van der Waals surface area contributed by atoms with Crippen LogP contribution in [0, 0.1) is 0 Å². The molecule has 0 unspecified atom stereocenters. The molecule has 4 aromatic rings. The van der Waals surface area contributed by atoms with Crippen LogP contribution in [0.5, 0.6) is 5.75 Å². The van der Waals surface area contributed by atoms with Gasteiger partial charge in [-0.15, -0.1) is 0 Å². The third kappa shape index (κ3) is 3.71. The molecular weight excluding hydrogens is 463 g/mol. The zero-order chi connectivity index (χ0) is 22.2. The third-order valence-corrected chi connectivity index (χ3v) is 6.33. The van der Waals surface area contributed by atoms with Crippen molar-refractivity contribution < 1.29 is 5.11 Å². The second kappa shape index (κ2) is 8.47. The number of hydrogen-bond acceptors (Lipinski definition) is 3. The van der Waals surface area contributed by atoms with Crippen LogP contribution in [-0.4, -0.2) is 19.8 Å². The number of rotatable bonds is 4. The number of nitrogens with one attached hydrogen (secondary N) is 1. The Balaban J connectivity index is 1.68. The summed E-state index contributed by atoms with van der Waals surface area (Å²) in [6.07, 6.45) is 3.74. The van der Waals surface area contributed by atoms with Crippen LogP contribution in [0.15, 0.2) is 85.2 Å². The Kier molecular flexibility index (Phi) is 5.51. The maximum atomic E-state index is 9.78. The van der Waals surface area contributed by atoms with Crippen LogP contribution >= 0.6 is 35.4 Å². The SMILES string of the molecule is Oc1ccc(N2C(=S)N[C@H](c3ccccn3)[C@@H]2c2cccn2-c2ccc(Cl)cc2Cl)cc1. The van der Waals surface area contributed by atoms with Gasteiger partial charge in [-0.05, 0) is 78.9 Å². The molecule has 1 saturated heterocycles. The zero-order valence-corrected chi connectivity index (χ0v) is 19.0. The molecule has 2 atom stereocenters. The predicted molar refractivity (Wildman–Crippen MR) is 132 cm³/mol. The molecule has 5 nitrogen and oxygen atoms in total. The summed E-state index contributed by atoms with van der Waals surface area (Å²) in [4.78, 5) is 6.63. The second-order valence-corrected chi connectivity index (χ2v) is 8.64. The summed E-state index contributed by atoms with van der Waals surface area (Å²) in [7, 11) is 0. The molecule has 2 N–H and O–H groups in total. The summed E-state index contributed by atoms with van der Waals surface area (Å²) < 4.78 is 2.04. The van der Waals surface area contributed by atoms with Crippen LogP contribution in [0.3, 0.4) is 0 Å². The Labute approximate surface area is 200 Å². The van der Waals surface area contributed by atoms with Crippen molar-refractivity contribution in [2.45, 2.75) is 12.1 Å². The first kappa shape index (κ1) is 20.8. The first-order valence-corrected chi connectivity index (χ1v) is 11.1. The van der Waals surface area contributed by atoms with E-state index in [4.69, 9.17) is 35.4 Å². The summed E-state index contributed by atoms with van der Waals surface area (Å²) in [5.74, 6) is 0.195. The monoisotopic (exact) mass is 480 g/mol. The zero-order valence-electron chi connectivity index (χ0n) is 16.7. The van der Waals surface area contributed by atoms with Crippen LogP contribution in [0.2, 0.25) is 10.0 Å². The summed E-state index contributed by atoms with van der Waals surface area (Å²) in [6.45, 7) is 0. The number of phenols is 1. The molecule has 0 bridgehead atoms. The third-order valence-electron chi connectivity index (χ3n) is 5.48. The first-order valence-electron chi connectivity index (χ1n) is 9.95. The number of pyridine rings is 1. The molecule has 5 rings (SSSR count). The van der Waals surface area contributed by atoms with Crippen molar-refractivity contribution in [3.63, 3.8) is 0 Å². The highest BCUT2D eigenvalue weighted by molar-refractivity contribution is 7.80. The van der Waals surface area contributed by atoms with E-state index in [0.29, 0.717) is 15.2 Å². The molecule has 8 heteroatoms. The lowest BCUT2D eigenvalue weighted by molar-refractivity contribution is 0.475. The van der Waals surface area contributed by atoms with E-state index in [2.05, 4.69) is 16.4 Å². The maximum Gasteiger partial charge on any atom is 0.174 e. The van der Waals surface area contributed by atoms with Crippen molar-refractivity contribution in [2.24, 2.45) is 0 Å². The van der Waals surface area contributed by atoms with E-state index in [1.165, 1.54) is 0 Å². The Bertz CT molecular complexity index is 1280. The highest BCUT2D eigenvalue weighted by Crippen LogP contribution is 2.43. The number of benzene rings is 2. The minimum Gasteiger partial charge on any atom is -0.508 e. The van der Waals surface area contributed by atoms with Gasteiger partial charge < -0.3 is 19.9 Å². The van der Waals surface area contributed by atoms with E-state index in [-0.39, 0.29) is 17.8 Å². The summed E-state index contributed by atoms with van der Waals surface area (Å²) in [5.41, 5.74) is 3.53. The molecule has 2 aromatic heterocycles. The van der Waals surface area contributed by atoms with Gasteiger partial charge in [0, 0.05) is 28.8 Å². The number of hydrogen-bond donors (Lipinski definition) is 2. The van der Waals surface area contributed by atoms with Gasteiger partial charge in [0.25, 0.3) is 0 Å². The molecule has 2 aromatic carbocycles. The number of aromatic nitrogens is 2. The lowest BCUT2D eigenvalue weighted by atomic mass is 10.0. The number of aromatic hydroxyl groups is 1. The fourth-order valence-corrected chi connectivity index (χ4v) is 4.92. The topological polar surface area (TPSA) is 53.3 Å². The van der Waals surface area contributed by atoms with E-state index in [0.717, 1.165) is 22.8 Å². The summed E-state index contributed by atoms with van der Waals surface area (Å²) in [5, 5.41) is 14.9. The van der Waals surface area contributed by atoms with Crippen molar-refractivity contribution in [3.05, 3.63) is 107 Å². The molecule has 1 aliphatic rings. The average molecular weight is 481 g/mol. The van der Waals surface area contributed by atoms with Gasteiger partial charge in [-0.1, -0.05) is 29.3 Å². The number of halogens is 2. The van der Waals surface area contributed by atoms with Gasteiger partial charge in [-0.25, -0.2) is 0 Å². The van der Waals surface area contributed by atoms with Crippen LogP contribution in [-0.2, 0) is 0 Å². The predicted octanol–water partition coefficient (Wildman–Crippen LogP) is 6.06. The molecule has 1 aliphatic heterocycles. The van der Waals surface area contributed by atoms with Gasteiger partial charge in [0.15, 0.2) is 5.11 Å². The van der Waals surface area contributed by atoms with Gasteiger partial charge >= 0.3 is 0 Å². The van der Waals surface area contributed by atoms with Crippen LogP contribution in [0.1, 0.15) is 23.5 Å². The van der Waals surface area contributed by atoms with Crippen molar-refractivity contribution in [3.8, 4) is 11.4 Å². The quantitative estimate of drug-likeness (QED) is 0.347. The Hall–Kier alpha value is -3.06. The van der Waals surface area contributed by atoms with E-state index >= 15 is 0 Å². The average Bonchev–Trinajstić information content (AvgIpc) is 3.39. The van der Waals surface area contributed by atoms with Gasteiger partial charge in [-0.2, -0.15) is 0 Å². The molecule has 0 saturated carbocycles. The highest BCUT2D eigenvalue weighted by Gasteiger charge is 2.42. The summed E-state index contributed by atoms with van der Waals surface area (Å²) >= 11 is 18.4. The van der Waals surface area contributed by atoms with E-state index < -0.39 is 0 Å². The molecule has 0 amide bonds. The van der Waals surface area contributed by atoms with Crippen molar-refractivity contribution in [1.82, 2.24) is 14.9 Å². The fraction of sp³-hybridized carbons (Fsp3) is 0.0833. The number of nitrogens with zero attached hydrogens (tertiary/aromatic N) is 3. The Morgan fingerprint density at radius 1 is 0.969 bits per heavy atom. The Morgan fingerprint density at radius 3 is 2.50 bits per heavy atom. The smallest absolute Gasteiger partial charge is 0.174 e. The van der Waals surface area contributed by atoms with E-state index in [1.807, 2.05) is 64.2 Å². The first-order chi connectivity index (χ1) is 15.5. The van der Waals surface area contributed by atoms with Crippen LogP contribution < -0.4 is 10.2 Å². The minimum absolute atomic E-state index is 0.195. The standard InChI is InChI=1S/C24H18Cl2N4OS/c25-15-6-11-20(18(26)14-15)29-13-3-5-21(29)23-22(19-4-1-2-12-27-19)28-24(32)30(23)16-7-9-17(31)10-8-16/h1-14,22-23,31H,(H,28,32)/t22-,23+/m1/s1.